The molecule has 0 saturated heterocycles. The molecule has 0 bridgehead atoms. The number of furan rings is 1. The van der Waals surface area contributed by atoms with E-state index in [9.17, 15) is 0 Å². The van der Waals surface area contributed by atoms with Gasteiger partial charge in [0, 0.05) is 42.9 Å². The third kappa shape index (κ3) is 8.77. The van der Waals surface area contributed by atoms with Crippen LogP contribution in [0.3, 0.4) is 0 Å². The minimum Gasteiger partial charge on any atom is -0.501 e. The number of para-hydroxylation sites is 3. The quantitative estimate of drug-likeness (QED) is 0.113. The van der Waals surface area contributed by atoms with Crippen LogP contribution in [0.1, 0.15) is 50.7 Å². The zero-order valence-electron chi connectivity index (χ0n) is 36.9. The fourth-order valence-electron chi connectivity index (χ4n) is 8.36. The normalized spacial score (nSPS) is 11.6. The summed E-state index contributed by atoms with van der Waals surface area (Å²) in [6.45, 7) is 16.1. The van der Waals surface area contributed by atoms with Crippen LogP contribution in [0.5, 0.6) is 0 Å². The van der Waals surface area contributed by atoms with Crippen LogP contribution in [0, 0.1) is 12.1 Å². The van der Waals surface area contributed by atoms with E-state index < -0.39 is 8.07 Å². The minimum atomic E-state index is -1.36. The number of nitrogens with zero attached hydrogens (tertiary/aromatic N) is 3. The summed E-state index contributed by atoms with van der Waals surface area (Å²) in [5.74, 6) is 1.87. The van der Waals surface area contributed by atoms with Gasteiger partial charge in [0.15, 0.2) is 0 Å². The van der Waals surface area contributed by atoms with Crippen LogP contribution in [0.2, 0.25) is 19.6 Å². The number of rotatable bonds is 8. The third-order valence-corrected chi connectivity index (χ3v) is 13.7. The Balaban J connectivity index is 0.000000203. The maximum atomic E-state index is 6.43. The van der Waals surface area contributed by atoms with E-state index in [4.69, 9.17) is 14.4 Å². The molecular weight excluding hydrogens is 963 g/mol. The molecule has 10 aromatic rings. The van der Waals surface area contributed by atoms with Crippen LogP contribution in [-0.4, -0.2) is 22.6 Å². The van der Waals surface area contributed by atoms with Crippen molar-refractivity contribution in [3.8, 4) is 50.6 Å². The van der Waals surface area contributed by atoms with Gasteiger partial charge >= 0.3 is 0 Å². The molecule has 0 aliphatic heterocycles. The van der Waals surface area contributed by atoms with Crippen molar-refractivity contribution in [3.05, 3.63) is 193 Å². The molecule has 0 spiro atoms. The van der Waals surface area contributed by atoms with Crippen molar-refractivity contribution >= 4 is 46.2 Å². The molecule has 3 aromatic heterocycles. The van der Waals surface area contributed by atoms with Crippen molar-refractivity contribution in [1.29, 1.82) is 0 Å². The topological polar surface area (TPSA) is 43.9 Å². The smallest absolute Gasteiger partial charge is 0.120 e. The molecule has 0 atom stereocenters. The Kier molecular flexibility index (Phi) is 12.6. The standard InChI is InChI=1S/C37H23N2O.C20H28NSi.Ir/c1-3-12-25(13-4-1)27-22-23-33(31(24-27)26-14-5-2-6-15-26)39-34-20-9-8-19-32(34)38-37(39)30-18-11-17-29-28-16-7-10-21-35(28)40-36(29)30;1-14(2)16-8-10-17(11-9-16)19-12-18(15(3)4)20(13-21-19)22(5,6)7;/h1-17,19-24H;8-10,12-15H,1-7H3;/q2*-1;. The summed E-state index contributed by atoms with van der Waals surface area (Å²) < 4.78 is 8.69. The summed E-state index contributed by atoms with van der Waals surface area (Å²) in [5.41, 5.74) is 15.0. The molecule has 7 aromatic carbocycles. The average Bonchev–Trinajstić information content (AvgIpc) is 3.88. The molecule has 4 nitrogen and oxygen atoms in total. The monoisotopic (exact) mass is 1010 g/mol. The number of hydrogen-bond donors (Lipinski definition) is 0. The van der Waals surface area contributed by atoms with E-state index in [0.717, 1.165) is 72.4 Å². The Hall–Kier alpha value is -6.17. The summed E-state index contributed by atoms with van der Waals surface area (Å²) in [7, 11) is -1.36. The van der Waals surface area contributed by atoms with E-state index in [-0.39, 0.29) is 20.1 Å². The predicted octanol–water partition coefficient (Wildman–Crippen LogP) is 15.1. The second-order valence-corrected chi connectivity index (χ2v) is 22.7. The molecular formula is C57H51IrN3OSi-2. The third-order valence-electron chi connectivity index (χ3n) is 11.7. The van der Waals surface area contributed by atoms with Gasteiger partial charge in [-0.3, -0.25) is 4.98 Å². The molecule has 0 saturated carbocycles. The van der Waals surface area contributed by atoms with E-state index >= 15 is 0 Å². The molecule has 0 N–H and O–H groups in total. The van der Waals surface area contributed by atoms with Gasteiger partial charge in [-0.05, 0) is 63.8 Å². The van der Waals surface area contributed by atoms with Gasteiger partial charge in [0.2, 0.25) is 0 Å². The number of hydrogen-bond acceptors (Lipinski definition) is 3. The first-order chi connectivity index (χ1) is 30.0. The molecule has 0 fully saturated rings. The van der Waals surface area contributed by atoms with Crippen LogP contribution in [0.25, 0.3) is 83.6 Å². The number of aromatic nitrogens is 3. The summed E-state index contributed by atoms with van der Waals surface area (Å²) in [6.07, 6.45) is 2.11. The Morgan fingerprint density at radius 3 is 2.03 bits per heavy atom. The molecule has 10 rings (SSSR count). The van der Waals surface area contributed by atoms with Gasteiger partial charge in [0.1, 0.15) is 5.58 Å². The van der Waals surface area contributed by atoms with E-state index in [1.54, 1.807) is 0 Å². The largest absolute Gasteiger partial charge is 0.501 e. The van der Waals surface area contributed by atoms with E-state index in [1.807, 2.05) is 30.3 Å². The summed E-state index contributed by atoms with van der Waals surface area (Å²) in [5, 5.41) is 3.63. The SMILES string of the molecule is CC(C)c1c[c-]c(-c2cc(C(C)C)c([Si](C)(C)C)cn2)cc1.[Ir].[c-]1ccc2c(oc3ccccc32)c1-c1nc2ccccc2n1-c1ccc(-c2ccccc2)cc1-c1ccccc1. The number of fused-ring (bicyclic) bond motifs is 4. The fourth-order valence-corrected chi connectivity index (χ4v) is 10.0. The van der Waals surface area contributed by atoms with Crippen LogP contribution < -0.4 is 5.19 Å². The maximum absolute atomic E-state index is 6.43. The Morgan fingerprint density at radius 2 is 1.33 bits per heavy atom. The van der Waals surface area contributed by atoms with E-state index in [1.165, 1.54) is 27.4 Å². The van der Waals surface area contributed by atoms with Crippen molar-refractivity contribution in [2.75, 3.05) is 0 Å². The van der Waals surface area contributed by atoms with E-state index in [2.05, 4.69) is 204 Å². The van der Waals surface area contributed by atoms with Crippen LogP contribution in [0.4, 0.5) is 0 Å². The van der Waals surface area contributed by atoms with Crippen LogP contribution in [0.15, 0.2) is 174 Å². The van der Waals surface area contributed by atoms with Gasteiger partial charge in [-0.2, -0.15) is 0 Å². The van der Waals surface area contributed by atoms with Gasteiger partial charge < -0.3 is 14.0 Å². The second-order valence-electron chi connectivity index (χ2n) is 17.7. The number of pyridine rings is 1. The van der Waals surface area contributed by atoms with Crippen molar-refractivity contribution in [3.63, 3.8) is 0 Å². The fraction of sp³-hybridized carbons (Fsp3) is 0.158. The van der Waals surface area contributed by atoms with Gasteiger partial charge in [0.05, 0.1) is 30.5 Å². The molecule has 63 heavy (non-hydrogen) atoms. The first kappa shape index (κ1) is 43.5. The van der Waals surface area contributed by atoms with Crippen LogP contribution >= 0.6 is 0 Å². The Labute approximate surface area is 386 Å². The predicted molar refractivity (Wildman–Crippen MR) is 263 cm³/mol. The Bertz CT molecular complexity index is 3160. The summed E-state index contributed by atoms with van der Waals surface area (Å²) in [4.78, 5) is 9.90. The van der Waals surface area contributed by atoms with Crippen molar-refractivity contribution in [1.82, 2.24) is 14.5 Å². The molecule has 0 amide bonds. The molecule has 1 radical (unpaired) electrons. The molecule has 315 valence electrons. The van der Waals surface area contributed by atoms with Crippen molar-refractivity contribution in [2.24, 2.45) is 0 Å². The molecule has 0 aliphatic carbocycles. The molecule has 3 heterocycles. The van der Waals surface area contributed by atoms with Gasteiger partial charge in [0.25, 0.3) is 0 Å². The first-order valence-electron chi connectivity index (χ1n) is 21.6. The zero-order valence-corrected chi connectivity index (χ0v) is 40.3. The molecule has 0 aliphatic rings. The van der Waals surface area contributed by atoms with Gasteiger partial charge in [-0.25, -0.2) is 0 Å². The van der Waals surface area contributed by atoms with Gasteiger partial charge in [-0.15, -0.1) is 53.6 Å². The van der Waals surface area contributed by atoms with Crippen molar-refractivity contribution in [2.45, 2.75) is 59.2 Å². The zero-order chi connectivity index (χ0) is 43.0. The van der Waals surface area contributed by atoms with E-state index in [0.29, 0.717) is 11.8 Å². The summed E-state index contributed by atoms with van der Waals surface area (Å²) in [6, 6.07) is 63.9. The minimum absolute atomic E-state index is 0. The van der Waals surface area contributed by atoms with Crippen molar-refractivity contribution < 1.29 is 24.5 Å². The van der Waals surface area contributed by atoms with Gasteiger partial charge in [-0.1, -0.05) is 173 Å². The number of imidazole rings is 1. The Morgan fingerprint density at radius 1 is 0.635 bits per heavy atom. The average molecular weight is 1010 g/mol. The molecule has 6 heteroatoms. The second kappa shape index (κ2) is 18.3. The first-order valence-corrected chi connectivity index (χ1v) is 25.1. The maximum Gasteiger partial charge on any atom is 0.120 e. The number of benzene rings is 7. The molecule has 0 unspecified atom stereocenters. The summed E-state index contributed by atoms with van der Waals surface area (Å²) >= 11 is 0. The van der Waals surface area contributed by atoms with Crippen LogP contribution in [-0.2, 0) is 20.1 Å².